The van der Waals surface area contributed by atoms with Crippen molar-refractivity contribution in [3.05, 3.63) is 51.4 Å². The first-order valence-electron chi connectivity index (χ1n) is 11.4. The fraction of sp³-hybridized carbons (Fsp3) is 0.400. The number of aromatic nitrogens is 1. The molecule has 0 unspecified atom stereocenters. The van der Waals surface area contributed by atoms with Crippen LogP contribution in [0.15, 0.2) is 34.7 Å². The van der Waals surface area contributed by atoms with Crippen LogP contribution in [0, 0.1) is 9.99 Å². The summed E-state index contributed by atoms with van der Waals surface area (Å²) in [6, 6.07) is 9.62. The zero-order valence-corrected chi connectivity index (χ0v) is 23.0. The highest BCUT2D eigenvalue weighted by Crippen LogP contribution is 2.36. The van der Waals surface area contributed by atoms with Gasteiger partial charge in [0.2, 0.25) is 15.7 Å². The number of rotatable bonds is 11. The van der Waals surface area contributed by atoms with Crippen molar-refractivity contribution >= 4 is 55.4 Å². The van der Waals surface area contributed by atoms with Crippen LogP contribution in [0.5, 0.6) is 0 Å². The van der Waals surface area contributed by atoms with Crippen LogP contribution in [0.2, 0.25) is 0 Å². The molecule has 1 amide bonds. The van der Waals surface area contributed by atoms with Gasteiger partial charge < -0.3 is 9.73 Å². The van der Waals surface area contributed by atoms with Crippen LogP contribution in [0.1, 0.15) is 55.5 Å². The second-order valence-electron chi connectivity index (χ2n) is 8.11. The van der Waals surface area contributed by atoms with E-state index in [1.54, 1.807) is 13.1 Å². The number of pyridine rings is 1. The van der Waals surface area contributed by atoms with Crippen molar-refractivity contribution in [1.29, 1.82) is 0 Å². The molecule has 0 aliphatic heterocycles. The van der Waals surface area contributed by atoms with Crippen molar-refractivity contribution < 1.29 is 17.6 Å². The number of amides is 1. The molecule has 3 aromatic rings. The summed E-state index contributed by atoms with van der Waals surface area (Å²) >= 11 is 2.08. The Morgan fingerprint density at radius 3 is 2.50 bits per heavy atom. The van der Waals surface area contributed by atoms with Gasteiger partial charge in [-0.3, -0.25) is 9.10 Å². The molecule has 34 heavy (non-hydrogen) atoms. The van der Waals surface area contributed by atoms with Gasteiger partial charge in [-0.05, 0) is 53.5 Å². The number of aryl methyl sites for hydroxylation is 1. The topological polar surface area (TPSA) is 92.5 Å². The maximum atomic E-state index is 12.8. The van der Waals surface area contributed by atoms with Crippen molar-refractivity contribution in [2.24, 2.45) is 0 Å². The van der Waals surface area contributed by atoms with Gasteiger partial charge in [0.05, 0.1) is 20.8 Å². The van der Waals surface area contributed by atoms with Crippen molar-refractivity contribution in [2.75, 3.05) is 24.2 Å². The molecule has 3 rings (SSSR count). The zero-order chi connectivity index (χ0) is 24.9. The third kappa shape index (κ3) is 5.91. The lowest BCUT2D eigenvalue weighted by Gasteiger charge is -2.22. The quantitative estimate of drug-likeness (QED) is 0.231. The zero-order valence-electron chi connectivity index (χ0n) is 20.0. The minimum atomic E-state index is -3.55. The number of sulfonamides is 1. The Morgan fingerprint density at radius 1 is 1.21 bits per heavy atom. The summed E-state index contributed by atoms with van der Waals surface area (Å²) in [7, 11) is -1.98. The molecular weight excluding hydrogens is 565 g/mol. The van der Waals surface area contributed by atoms with E-state index < -0.39 is 10.0 Å². The highest BCUT2D eigenvalue weighted by atomic mass is 127. The summed E-state index contributed by atoms with van der Waals surface area (Å²) < 4.78 is 33.3. The van der Waals surface area contributed by atoms with Gasteiger partial charge >= 0.3 is 0 Å². The molecule has 1 radical (unpaired) electrons. The number of carbonyl (C=O) groups is 1. The van der Waals surface area contributed by atoms with E-state index in [0.29, 0.717) is 32.6 Å². The average Bonchev–Trinajstić information content (AvgIpc) is 3.18. The Kier molecular flexibility index (Phi) is 8.97. The lowest BCUT2D eigenvalue weighted by Crippen LogP contribution is -2.32. The highest BCUT2D eigenvalue weighted by Gasteiger charge is 2.27. The van der Waals surface area contributed by atoms with E-state index in [2.05, 4.69) is 53.2 Å². The summed E-state index contributed by atoms with van der Waals surface area (Å²) in [5.41, 5.74) is 2.56. The van der Waals surface area contributed by atoms with Crippen molar-refractivity contribution in [3.8, 4) is 11.3 Å². The minimum Gasteiger partial charge on any atom is -0.437 e. The number of nitrogens with one attached hydrogen (secondary N) is 1. The lowest BCUT2D eigenvalue weighted by molar-refractivity contribution is 0.0964. The molecule has 2 heterocycles. The minimum absolute atomic E-state index is 0.233. The molecule has 7 nitrogen and oxygen atoms in total. The number of furan rings is 1. The normalized spacial score (nSPS) is 11.7. The molecule has 1 aromatic carbocycles. The van der Waals surface area contributed by atoms with Gasteiger partial charge in [0.25, 0.3) is 5.91 Å². The second kappa shape index (κ2) is 11.5. The van der Waals surface area contributed by atoms with Crippen molar-refractivity contribution in [2.45, 2.75) is 46.0 Å². The number of carbonyl (C=O) groups excluding carboxylic acids is 1. The second-order valence-corrected chi connectivity index (χ2v) is 11.2. The molecule has 9 heteroatoms. The third-order valence-electron chi connectivity index (χ3n) is 5.64. The monoisotopic (exact) mass is 596 g/mol. The fourth-order valence-electron chi connectivity index (χ4n) is 3.79. The summed E-state index contributed by atoms with van der Waals surface area (Å²) in [4.78, 5) is 17.4. The Bertz CT molecular complexity index is 1250. The molecule has 2 aromatic heterocycles. The van der Waals surface area contributed by atoms with Crippen molar-refractivity contribution in [1.82, 2.24) is 10.3 Å². The van der Waals surface area contributed by atoms with Crippen LogP contribution in [0.25, 0.3) is 22.4 Å². The van der Waals surface area contributed by atoms with Crippen LogP contribution in [0.4, 0.5) is 5.82 Å². The smallest absolute Gasteiger partial charge is 0.255 e. The number of unbranched alkanes of at least 4 members (excludes halogenated alkanes) is 4. The van der Waals surface area contributed by atoms with E-state index in [0.717, 1.165) is 37.7 Å². The summed E-state index contributed by atoms with van der Waals surface area (Å²) in [5, 5.41) is 3.23. The number of halogens is 1. The maximum Gasteiger partial charge on any atom is 0.255 e. The van der Waals surface area contributed by atoms with Crippen LogP contribution < -0.4 is 9.62 Å². The molecular formula is C25H31IN3O4S. The summed E-state index contributed by atoms with van der Waals surface area (Å²) in [6.45, 7) is 4.50. The van der Waals surface area contributed by atoms with Gasteiger partial charge in [-0.15, -0.1) is 0 Å². The molecule has 0 spiro atoms. The predicted octanol–water partition coefficient (Wildman–Crippen LogP) is 5.57. The molecule has 0 saturated carbocycles. The molecule has 183 valence electrons. The van der Waals surface area contributed by atoms with Crippen molar-refractivity contribution in [3.63, 3.8) is 0 Å². The van der Waals surface area contributed by atoms with Crippen LogP contribution in [0.3, 0.4) is 0 Å². The number of hydrogen-bond acceptors (Lipinski definition) is 5. The SMILES string of the molecule is CC[CH]CCCCN(c1nc2oc(-c3ccc(CC)cc3)c(C(=O)NC)c2cc1I)S(C)(=O)=O. The third-order valence-corrected chi connectivity index (χ3v) is 7.59. The van der Waals surface area contributed by atoms with Crippen LogP contribution in [-0.2, 0) is 16.4 Å². The molecule has 0 atom stereocenters. The maximum absolute atomic E-state index is 12.8. The first-order chi connectivity index (χ1) is 16.2. The number of nitrogens with zero attached hydrogens (tertiary/aromatic N) is 2. The standard InChI is InChI=1S/C25H31IN3O4S/c1-5-7-8-9-10-15-29(34(4,31)32)23-20(26)16-19-21(24(30)27-3)22(33-25(19)28-23)18-13-11-17(6-2)12-14-18/h7,11-14,16H,5-6,8-10,15H2,1-4H3,(H,27,30). The fourth-order valence-corrected chi connectivity index (χ4v) is 5.59. The Balaban J connectivity index is 2.09. The highest BCUT2D eigenvalue weighted by molar-refractivity contribution is 14.1. The number of benzene rings is 1. The van der Waals surface area contributed by atoms with E-state index in [1.807, 2.05) is 24.3 Å². The van der Waals surface area contributed by atoms with Gasteiger partial charge in [0, 0.05) is 19.2 Å². The largest absolute Gasteiger partial charge is 0.437 e. The van der Waals surface area contributed by atoms with E-state index in [4.69, 9.17) is 4.42 Å². The van der Waals surface area contributed by atoms with E-state index in [1.165, 1.54) is 16.1 Å². The predicted molar refractivity (Wildman–Crippen MR) is 146 cm³/mol. The number of anilines is 1. The lowest BCUT2D eigenvalue weighted by atomic mass is 10.0. The number of hydrogen-bond donors (Lipinski definition) is 1. The first kappa shape index (κ1) is 26.5. The van der Waals surface area contributed by atoms with Gasteiger partial charge in [0.1, 0.15) is 5.76 Å². The number of fused-ring (bicyclic) bond motifs is 1. The molecule has 0 fully saturated rings. The Morgan fingerprint density at radius 2 is 1.91 bits per heavy atom. The molecule has 0 aliphatic carbocycles. The first-order valence-corrected chi connectivity index (χ1v) is 14.4. The Labute approximate surface area is 215 Å². The summed E-state index contributed by atoms with van der Waals surface area (Å²) in [5.74, 6) is 0.449. The van der Waals surface area contributed by atoms with Gasteiger partial charge in [-0.2, -0.15) is 4.98 Å². The molecule has 0 bridgehead atoms. The van der Waals surface area contributed by atoms with E-state index >= 15 is 0 Å². The Hall–Kier alpha value is -2.14. The van der Waals surface area contributed by atoms with Gasteiger partial charge in [0.15, 0.2) is 5.82 Å². The van der Waals surface area contributed by atoms with Gasteiger partial charge in [-0.1, -0.05) is 57.4 Å². The van der Waals surface area contributed by atoms with Crippen LogP contribution in [-0.4, -0.2) is 39.2 Å². The summed E-state index contributed by atoms with van der Waals surface area (Å²) in [6.07, 6.45) is 7.85. The van der Waals surface area contributed by atoms with Crippen LogP contribution >= 0.6 is 22.6 Å². The van der Waals surface area contributed by atoms with E-state index in [9.17, 15) is 13.2 Å². The molecule has 1 N–H and O–H groups in total. The molecule has 0 aliphatic rings. The average molecular weight is 597 g/mol. The van der Waals surface area contributed by atoms with E-state index in [-0.39, 0.29) is 11.6 Å². The van der Waals surface area contributed by atoms with Gasteiger partial charge in [-0.25, -0.2) is 8.42 Å². The molecule has 0 saturated heterocycles.